The van der Waals surface area contributed by atoms with Gasteiger partial charge in [0.05, 0.1) is 30.9 Å². The van der Waals surface area contributed by atoms with Crippen molar-refractivity contribution in [3.05, 3.63) is 24.0 Å². The normalized spacial score (nSPS) is 28.3. The van der Waals surface area contributed by atoms with Gasteiger partial charge >= 0.3 is 0 Å². The van der Waals surface area contributed by atoms with Crippen molar-refractivity contribution in [3.63, 3.8) is 0 Å². The molecule has 0 aromatic heterocycles. The summed E-state index contributed by atoms with van der Waals surface area (Å²) in [6, 6.07) is 2.54. The Hall–Kier alpha value is -3.76. The van der Waals surface area contributed by atoms with Crippen molar-refractivity contribution in [3.8, 4) is 11.8 Å². The first-order valence-electron chi connectivity index (χ1n) is 14.5. The van der Waals surface area contributed by atoms with Crippen LogP contribution in [0.3, 0.4) is 0 Å². The van der Waals surface area contributed by atoms with Gasteiger partial charge in [0.1, 0.15) is 29.7 Å². The Bertz CT molecular complexity index is 1350. The lowest BCUT2D eigenvalue weighted by molar-refractivity contribution is -0.147. The number of benzene rings is 1. The number of carbonyl (C=O) groups excluding carboxylic acids is 4. The maximum absolute atomic E-state index is 14.1. The van der Waals surface area contributed by atoms with Crippen LogP contribution in [-0.4, -0.2) is 84.2 Å². The molecule has 43 heavy (non-hydrogen) atoms. The molecule has 5 rings (SSSR count). The highest BCUT2D eigenvalue weighted by Crippen LogP contribution is 2.65. The lowest BCUT2D eigenvalue weighted by Crippen LogP contribution is -2.61. The Labute approximate surface area is 249 Å². The number of nitriles is 1. The van der Waals surface area contributed by atoms with E-state index in [1.54, 1.807) is 13.8 Å². The van der Waals surface area contributed by atoms with Crippen molar-refractivity contribution >= 4 is 29.3 Å². The number of aliphatic hydroxyl groups excluding tert-OH is 1. The zero-order valence-electron chi connectivity index (χ0n) is 24.7. The van der Waals surface area contributed by atoms with E-state index in [0.717, 1.165) is 6.07 Å². The first-order chi connectivity index (χ1) is 20.3. The summed E-state index contributed by atoms with van der Waals surface area (Å²) >= 11 is 0. The molecule has 3 aliphatic heterocycles. The van der Waals surface area contributed by atoms with Crippen molar-refractivity contribution in [2.24, 2.45) is 28.6 Å². The lowest BCUT2D eigenvalue weighted by Gasteiger charge is -2.39. The van der Waals surface area contributed by atoms with Gasteiger partial charge in [0.2, 0.25) is 17.7 Å². The fourth-order valence-electron chi connectivity index (χ4n) is 6.56. The molecule has 0 unspecified atom stereocenters. The Morgan fingerprint density at radius 3 is 2.67 bits per heavy atom. The van der Waals surface area contributed by atoms with Crippen LogP contribution in [0, 0.1) is 45.7 Å². The number of likely N-dealkylation sites (tertiary alicyclic amines) is 1. The molecule has 4 amide bonds. The molecule has 4 aliphatic rings. The Kier molecular flexibility index (Phi) is 8.13. The van der Waals surface area contributed by atoms with Crippen LogP contribution in [0.15, 0.2) is 18.2 Å². The summed E-state index contributed by atoms with van der Waals surface area (Å²) in [7, 11) is 0. The van der Waals surface area contributed by atoms with Gasteiger partial charge in [-0.15, -0.1) is 0 Å². The molecule has 1 aromatic rings. The van der Waals surface area contributed by atoms with Crippen LogP contribution < -0.4 is 20.7 Å². The van der Waals surface area contributed by atoms with Gasteiger partial charge in [0.25, 0.3) is 5.91 Å². The van der Waals surface area contributed by atoms with E-state index in [9.17, 15) is 33.9 Å². The van der Waals surface area contributed by atoms with Gasteiger partial charge in [-0.3, -0.25) is 19.2 Å². The van der Waals surface area contributed by atoms with Crippen LogP contribution in [-0.2, 0) is 23.9 Å². The second kappa shape index (κ2) is 11.4. The van der Waals surface area contributed by atoms with Gasteiger partial charge in [-0.05, 0) is 35.8 Å². The van der Waals surface area contributed by atoms with Crippen LogP contribution in [0.2, 0.25) is 0 Å². The average molecular weight is 600 g/mol. The maximum atomic E-state index is 14.1. The zero-order chi connectivity index (χ0) is 31.3. The maximum Gasteiger partial charge on any atom is 0.265 e. The number of aliphatic hydroxyl groups is 1. The predicted octanol–water partition coefficient (Wildman–Crippen LogP) is 0.946. The first kappa shape index (κ1) is 30.7. The Balaban J connectivity index is 1.32. The third kappa shape index (κ3) is 5.78. The quantitative estimate of drug-likeness (QED) is 0.325. The molecule has 0 radical (unpaired) electrons. The number of nitrogens with zero attached hydrogens (tertiary/aromatic N) is 2. The van der Waals surface area contributed by atoms with E-state index in [0.29, 0.717) is 13.0 Å². The molecule has 0 spiro atoms. The summed E-state index contributed by atoms with van der Waals surface area (Å²) in [6.07, 6.45) is -0.762. The fraction of sp³-hybridized carbons (Fsp3) is 0.633. The topological polar surface area (TPSA) is 170 Å². The van der Waals surface area contributed by atoms with E-state index in [2.05, 4.69) is 16.0 Å². The minimum Gasteiger partial charge on any atom is -0.478 e. The van der Waals surface area contributed by atoms with E-state index in [-0.39, 0.29) is 60.8 Å². The van der Waals surface area contributed by atoms with E-state index in [4.69, 9.17) is 9.47 Å². The highest BCUT2D eigenvalue weighted by molar-refractivity contribution is 5.98. The highest BCUT2D eigenvalue weighted by Gasteiger charge is 2.70. The Morgan fingerprint density at radius 1 is 1.28 bits per heavy atom. The predicted molar refractivity (Wildman–Crippen MR) is 150 cm³/mol. The van der Waals surface area contributed by atoms with Gasteiger partial charge in [-0.1, -0.05) is 27.7 Å². The summed E-state index contributed by atoms with van der Waals surface area (Å²) in [5.74, 6) is -2.80. The SMILES string of the molecule is CC(C)(CO)[C@H](NC(=O)[C@H]1CCOC1)C(=O)N1C[C@H]2[C@@H]([C@H]1C(=O)N[C@H](C#N)C[C@@H]1Oc3ccc(F)cc3NC1=O)C2(C)C. The lowest BCUT2D eigenvalue weighted by atomic mass is 9.83. The third-order valence-corrected chi connectivity index (χ3v) is 9.47. The summed E-state index contributed by atoms with van der Waals surface area (Å²) in [6.45, 7) is 7.98. The number of carbonyl (C=O) groups is 4. The molecule has 4 N–H and O–H groups in total. The van der Waals surface area contributed by atoms with Crippen molar-refractivity contribution in [1.82, 2.24) is 15.5 Å². The number of amides is 4. The molecule has 12 nitrogen and oxygen atoms in total. The molecular weight excluding hydrogens is 561 g/mol. The zero-order valence-corrected chi connectivity index (χ0v) is 24.7. The van der Waals surface area contributed by atoms with Crippen molar-refractivity contribution < 1.29 is 38.1 Å². The van der Waals surface area contributed by atoms with E-state index >= 15 is 0 Å². The minimum atomic E-state index is -1.13. The second-order valence-electron chi connectivity index (χ2n) is 13.2. The van der Waals surface area contributed by atoms with E-state index in [1.807, 2.05) is 19.9 Å². The third-order valence-electron chi connectivity index (χ3n) is 9.47. The van der Waals surface area contributed by atoms with Crippen molar-refractivity contribution in [2.45, 2.75) is 64.8 Å². The van der Waals surface area contributed by atoms with Gasteiger partial charge in [0.15, 0.2) is 6.10 Å². The number of hydrogen-bond acceptors (Lipinski definition) is 8. The average Bonchev–Trinajstić information content (AvgIpc) is 3.42. The number of halogens is 1. The van der Waals surface area contributed by atoms with Gasteiger partial charge in [0, 0.05) is 31.1 Å². The number of rotatable bonds is 9. The molecule has 232 valence electrons. The van der Waals surface area contributed by atoms with Crippen LogP contribution in [0.4, 0.5) is 10.1 Å². The minimum absolute atomic E-state index is 0.0360. The number of hydrogen-bond donors (Lipinski definition) is 4. The van der Waals surface area contributed by atoms with E-state index in [1.165, 1.54) is 17.0 Å². The van der Waals surface area contributed by atoms with Crippen LogP contribution in [0.5, 0.6) is 5.75 Å². The first-order valence-corrected chi connectivity index (χ1v) is 14.5. The number of ether oxygens (including phenoxy) is 2. The Morgan fingerprint density at radius 2 is 2.02 bits per heavy atom. The molecule has 1 aromatic carbocycles. The van der Waals surface area contributed by atoms with Gasteiger partial charge < -0.3 is 35.4 Å². The summed E-state index contributed by atoms with van der Waals surface area (Å²) in [4.78, 5) is 55.0. The van der Waals surface area contributed by atoms with Crippen molar-refractivity contribution in [2.75, 3.05) is 31.7 Å². The molecule has 7 atom stereocenters. The molecular formula is C30H38FN5O7. The van der Waals surface area contributed by atoms with Gasteiger partial charge in [-0.2, -0.15) is 5.26 Å². The van der Waals surface area contributed by atoms with Crippen LogP contribution in [0.25, 0.3) is 0 Å². The van der Waals surface area contributed by atoms with E-state index < -0.39 is 59.1 Å². The highest BCUT2D eigenvalue weighted by atomic mass is 19.1. The summed E-state index contributed by atoms with van der Waals surface area (Å²) in [5.41, 5.74) is -1.08. The molecule has 3 heterocycles. The molecule has 1 aliphatic carbocycles. The smallest absolute Gasteiger partial charge is 0.265 e. The van der Waals surface area contributed by atoms with Crippen LogP contribution in [0.1, 0.15) is 40.5 Å². The second-order valence-corrected chi connectivity index (χ2v) is 13.2. The molecule has 3 fully saturated rings. The van der Waals surface area contributed by atoms with Gasteiger partial charge in [-0.25, -0.2) is 4.39 Å². The molecule has 2 saturated heterocycles. The number of fused-ring (bicyclic) bond motifs is 2. The summed E-state index contributed by atoms with van der Waals surface area (Å²) in [5, 5.41) is 28.1. The molecule has 13 heteroatoms. The molecule has 0 bridgehead atoms. The fourth-order valence-corrected chi connectivity index (χ4v) is 6.56. The van der Waals surface area contributed by atoms with Crippen molar-refractivity contribution in [1.29, 1.82) is 5.26 Å². The summed E-state index contributed by atoms with van der Waals surface area (Å²) < 4.78 is 24.6. The number of piperidine rings is 1. The molecule has 1 saturated carbocycles. The largest absolute Gasteiger partial charge is 0.478 e. The van der Waals surface area contributed by atoms with Crippen LogP contribution >= 0.6 is 0 Å². The number of anilines is 1. The standard InChI is InChI=1S/C30H38FN5O7/c1-29(2,14-37)24(35-25(38)15-7-8-42-13-15)28(41)36-12-18-22(30(18,3)4)23(36)27(40)33-17(11-32)10-21-26(39)34-19-9-16(31)5-6-20(19)43-21/h5-6,9,15,17-18,21-24,37H,7-8,10,12-14H2,1-4H3,(H,33,40)(H,34,39)(H,35,38)/t15-,17-,18-,21-,22-,23-,24+/m0/s1. The monoisotopic (exact) mass is 599 g/mol. The number of nitrogens with one attached hydrogen (secondary N) is 3.